The second-order valence-corrected chi connectivity index (χ2v) is 4.11. The maximum Gasteiger partial charge on any atom is 0.329 e. The molecule has 1 atom stereocenters. The summed E-state index contributed by atoms with van der Waals surface area (Å²) >= 11 is 0. The number of nitrogens with one attached hydrogen (secondary N) is 1. The van der Waals surface area contributed by atoms with Crippen LogP contribution in [0.3, 0.4) is 0 Å². The molecule has 1 aromatic rings. The highest BCUT2D eigenvalue weighted by Gasteiger charge is 2.40. The molecule has 1 saturated heterocycles. The first-order valence-corrected chi connectivity index (χ1v) is 5.41. The smallest absolute Gasteiger partial charge is 0.329 e. The summed E-state index contributed by atoms with van der Waals surface area (Å²) in [7, 11) is 0. The van der Waals surface area contributed by atoms with Crippen LogP contribution in [0, 0.1) is 6.92 Å². The van der Waals surface area contributed by atoms with Crippen molar-refractivity contribution in [1.82, 2.24) is 5.32 Å². The molecule has 0 bridgehead atoms. The van der Waals surface area contributed by atoms with Gasteiger partial charge in [-0.1, -0.05) is 17.7 Å². The molecule has 6 heteroatoms. The fraction of sp³-hybridized carbons (Fsp3) is 0.250. The third-order valence-corrected chi connectivity index (χ3v) is 2.74. The van der Waals surface area contributed by atoms with Crippen LogP contribution in [0.2, 0.25) is 0 Å². The largest absolute Gasteiger partial charge is 0.481 e. The Kier molecular flexibility index (Phi) is 3.01. The highest BCUT2D eigenvalue weighted by atomic mass is 16.4. The van der Waals surface area contributed by atoms with Gasteiger partial charge in [-0.25, -0.2) is 4.79 Å². The van der Waals surface area contributed by atoms with Crippen molar-refractivity contribution in [1.29, 1.82) is 0 Å². The zero-order chi connectivity index (χ0) is 13.3. The predicted molar refractivity (Wildman–Crippen MR) is 63.2 cm³/mol. The van der Waals surface area contributed by atoms with E-state index in [1.54, 1.807) is 24.3 Å². The number of rotatable bonds is 3. The minimum absolute atomic E-state index is 0.411. The van der Waals surface area contributed by atoms with E-state index in [1.165, 1.54) is 4.90 Å². The SMILES string of the molecule is Cc1ccc(N2C(=O)NC(=O)C2CC(=O)O)cc1. The number of imide groups is 1. The van der Waals surface area contributed by atoms with Gasteiger partial charge in [-0.3, -0.25) is 19.8 Å². The molecule has 2 rings (SSSR count). The summed E-state index contributed by atoms with van der Waals surface area (Å²) in [6, 6.07) is 5.38. The molecule has 0 radical (unpaired) electrons. The molecule has 3 amide bonds. The van der Waals surface area contributed by atoms with Gasteiger partial charge in [0.2, 0.25) is 0 Å². The number of hydrogen-bond donors (Lipinski definition) is 2. The molecule has 0 aliphatic carbocycles. The van der Waals surface area contributed by atoms with Gasteiger partial charge >= 0.3 is 12.0 Å². The first kappa shape index (κ1) is 12.1. The maximum atomic E-state index is 11.7. The van der Waals surface area contributed by atoms with Crippen LogP contribution < -0.4 is 10.2 Å². The van der Waals surface area contributed by atoms with E-state index in [1.807, 2.05) is 6.92 Å². The Morgan fingerprint density at radius 2 is 1.94 bits per heavy atom. The molecule has 1 heterocycles. The quantitative estimate of drug-likeness (QED) is 0.778. The number of aliphatic carboxylic acids is 1. The van der Waals surface area contributed by atoms with Crippen molar-refractivity contribution in [2.24, 2.45) is 0 Å². The lowest BCUT2D eigenvalue weighted by Crippen LogP contribution is -2.36. The average molecular weight is 248 g/mol. The number of amides is 3. The molecule has 1 aliphatic heterocycles. The Balaban J connectivity index is 2.33. The second kappa shape index (κ2) is 4.48. The lowest BCUT2D eigenvalue weighted by Gasteiger charge is -2.20. The Labute approximate surface area is 103 Å². The monoisotopic (exact) mass is 248 g/mol. The van der Waals surface area contributed by atoms with Crippen LogP contribution in [0.4, 0.5) is 10.5 Å². The van der Waals surface area contributed by atoms with Gasteiger partial charge < -0.3 is 5.11 Å². The van der Waals surface area contributed by atoms with Crippen molar-refractivity contribution < 1.29 is 19.5 Å². The van der Waals surface area contributed by atoms with Crippen LogP contribution >= 0.6 is 0 Å². The molecule has 94 valence electrons. The number of carbonyl (C=O) groups is 3. The van der Waals surface area contributed by atoms with Crippen LogP contribution in [-0.2, 0) is 9.59 Å². The van der Waals surface area contributed by atoms with Crippen molar-refractivity contribution >= 4 is 23.6 Å². The average Bonchev–Trinajstić information content (AvgIpc) is 2.55. The summed E-state index contributed by atoms with van der Waals surface area (Å²) in [6.07, 6.45) is -0.411. The van der Waals surface area contributed by atoms with Crippen LogP contribution in [0.1, 0.15) is 12.0 Å². The summed E-state index contributed by atoms with van der Waals surface area (Å²) < 4.78 is 0. The number of nitrogens with zero attached hydrogens (tertiary/aromatic N) is 1. The first-order chi connectivity index (χ1) is 8.49. The Bertz CT molecular complexity index is 509. The number of carboxylic acid groups (broad SMARTS) is 1. The van der Waals surface area contributed by atoms with Gasteiger partial charge in [0.1, 0.15) is 6.04 Å². The number of carboxylic acids is 1. The van der Waals surface area contributed by atoms with E-state index in [2.05, 4.69) is 5.32 Å². The lowest BCUT2D eigenvalue weighted by molar-refractivity contribution is -0.139. The van der Waals surface area contributed by atoms with Crippen molar-refractivity contribution in [2.75, 3.05) is 4.90 Å². The van der Waals surface area contributed by atoms with Crippen molar-refractivity contribution in [2.45, 2.75) is 19.4 Å². The highest BCUT2D eigenvalue weighted by molar-refractivity contribution is 6.15. The van der Waals surface area contributed by atoms with Gasteiger partial charge in [0.05, 0.1) is 6.42 Å². The fourth-order valence-corrected chi connectivity index (χ4v) is 1.86. The molecular weight excluding hydrogens is 236 g/mol. The third kappa shape index (κ3) is 2.17. The van der Waals surface area contributed by atoms with E-state index in [0.29, 0.717) is 5.69 Å². The number of anilines is 1. The number of aryl methyl sites for hydroxylation is 1. The van der Waals surface area contributed by atoms with E-state index >= 15 is 0 Å². The van der Waals surface area contributed by atoms with E-state index in [-0.39, 0.29) is 0 Å². The number of benzene rings is 1. The molecule has 1 unspecified atom stereocenters. The van der Waals surface area contributed by atoms with Gasteiger partial charge in [0.25, 0.3) is 5.91 Å². The van der Waals surface area contributed by atoms with Gasteiger partial charge in [-0.2, -0.15) is 0 Å². The summed E-state index contributed by atoms with van der Waals surface area (Å²) in [5, 5.41) is 10.9. The van der Waals surface area contributed by atoms with E-state index in [9.17, 15) is 14.4 Å². The van der Waals surface area contributed by atoms with Gasteiger partial charge in [0.15, 0.2) is 0 Å². The van der Waals surface area contributed by atoms with Crippen molar-refractivity contribution in [3.8, 4) is 0 Å². The molecular formula is C12H12N2O4. The molecule has 0 saturated carbocycles. The van der Waals surface area contributed by atoms with E-state index in [0.717, 1.165) is 5.56 Å². The van der Waals surface area contributed by atoms with Crippen LogP contribution in [-0.4, -0.2) is 29.1 Å². The molecule has 2 N–H and O–H groups in total. The number of urea groups is 1. The second-order valence-electron chi connectivity index (χ2n) is 4.11. The summed E-state index contributed by atoms with van der Waals surface area (Å²) in [5.41, 5.74) is 1.52. The van der Waals surface area contributed by atoms with Crippen LogP contribution in [0.5, 0.6) is 0 Å². The predicted octanol–water partition coefficient (Wildman–Crippen LogP) is 0.895. The summed E-state index contributed by atoms with van der Waals surface area (Å²) in [5.74, 6) is -1.70. The number of carbonyl (C=O) groups excluding carboxylic acids is 2. The van der Waals surface area contributed by atoms with Gasteiger partial charge in [-0.15, -0.1) is 0 Å². The maximum absolute atomic E-state index is 11.7. The summed E-state index contributed by atoms with van der Waals surface area (Å²) in [4.78, 5) is 35.1. The Morgan fingerprint density at radius 3 is 2.50 bits per heavy atom. The number of hydrogen-bond acceptors (Lipinski definition) is 3. The Hall–Kier alpha value is -2.37. The Morgan fingerprint density at radius 1 is 1.33 bits per heavy atom. The fourth-order valence-electron chi connectivity index (χ4n) is 1.86. The molecule has 6 nitrogen and oxygen atoms in total. The van der Waals surface area contributed by atoms with Crippen molar-refractivity contribution in [3.05, 3.63) is 29.8 Å². The van der Waals surface area contributed by atoms with Crippen molar-refractivity contribution in [3.63, 3.8) is 0 Å². The van der Waals surface area contributed by atoms with Crippen LogP contribution in [0.25, 0.3) is 0 Å². The minimum Gasteiger partial charge on any atom is -0.481 e. The molecule has 1 aromatic carbocycles. The molecule has 18 heavy (non-hydrogen) atoms. The van der Waals surface area contributed by atoms with Gasteiger partial charge in [0, 0.05) is 5.69 Å². The zero-order valence-electron chi connectivity index (χ0n) is 9.71. The first-order valence-electron chi connectivity index (χ1n) is 5.41. The molecule has 0 spiro atoms. The zero-order valence-corrected chi connectivity index (χ0v) is 9.71. The molecule has 1 fully saturated rings. The van der Waals surface area contributed by atoms with Gasteiger partial charge in [-0.05, 0) is 19.1 Å². The topological polar surface area (TPSA) is 86.7 Å². The minimum atomic E-state index is -1.12. The van der Waals surface area contributed by atoms with Crippen LogP contribution in [0.15, 0.2) is 24.3 Å². The molecule has 0 aromatic heterocycles. The molecule has 1 aliphatic rings. The van der Waals surface area contributed by atoms with E-state index < -0.39 is 30.4 Å². The lowest BCUT2D eigenvalue weighted by atomic mass is 10.1. The third-order valence-electron chi connectivity index (χ3n) is 2.74. The highest BCUT2D eigenvalue weighted by Crippen LogP contribution is 2.23. The normalized spacial score (nSPS) is 18.9. The van der Waals surface area contributed by atoms with E-state index in [4.69, 9.17) is 5.11 Å². The standard InChI is InChI=1S/C12H12N2O4/c1-7-2-4-8(5-3-7)14-9(6-10(15)16)11(17)13-12(14)18/h2-5,9H,6H2,1H3,(H,15,16)(H,13,17,18). The summed E-state index contributed by atoms with van der Waals surface area (Å²) in [6.45, 7) is 1.90.